The van der Waals surface area contributed by atoms with Gasteiger partial charge in [-0.25, -0.2) is 4.98 Å². The molecule has 1 aromatic heterocycles. The molecule has 2 heterocycles. The highest BCUT2D eigenvalue weighted by Crippen LogP contribution is 2.19. The number of amides is 2. The molecular weight excluding hydrogens is 388 g/mol. The zero-order valence-corrected chi connectivity index (χ0v) is 18.3. The number of para-hydroxylation sites is 2. The van der Waals surface area contributed by atoms with E-state index in [4.69, 9.17) is 4.98 Å². The van der Waals surface area contributed by atoms with Crippen molar-refractivity contribution in [2.45, 2.75) is 39.7 Å². The Labute approximate surface area is 183 Å². The summed E-state index contributed by atoms with van der Waals surface area (Å²) in [6.07, 6.45) is 2.69. The second-order valence-corrected chi connectivity index (χ2v) is 8.54. The average molecular weight is 419 g/mol. The Kier molecular flexibility index (Phi) is 6.35. The highest BCUT2D eigenvalue weighted by Gasteiger charge is 2.22. The lowest BCUT2D eigenvalue weighted by Crippen LogP contribution is -2.40. The zero-order valence-electron chi connectivity index (χ0n) is 18.3. The molecule has 0 radical (unpaired) electrons. The van der Waals surface area contributed by atoms with Crippen LogP contribution in [0.1, 0.15) is 41.5 Å². The Bertz CT molecular complexity index is 1060. The van der Waals surface area contributed by atoms with Gasteiger partial charge in [0.1, 0.15) is 12.4 Å². The van der Waals surface area contributed by atoms with E-state index in [1.807, 2.05) is 64.9 Å². The normalized spacial score (nSPS) is 14.7. The molecule has 0 atom stereocenters. The molecule has 1 fully saturated rings. The minimum Gasteiger partial charge on any atom is -0.352 e. The second-order valence-electron chi connectivity index (χ2n) is 8.54. The molecule has 3 aromatic rings. The Hall–Kier alpha value is -3.15. The van der Waals surface area contributed by atoms with Crippen LogP contribution in [-0.2, 0) is 17.8 Å². The molecule has 0 aliphatic carbocycles. The third-order valence-corrected chi connectivity index (χ3v) is 6.11. The van der Waals surface area contributed by atoms with Crippen molar-refractivity contribution in [1.29, 1.82) is 0 Å². The fourth-order valence-electron chi connectivity index (χ4n) is 4.08. The molecule has 1 aliphatic heterocycles. The van der Waals surface area contributed by atoms with Crippen LogP contribution in [0, 0.1) is 12.8 Å². The van der Waals surface area contributed by atoms with Gasteiger partial charge in [0.05, 0.1) is 11.0 Å². The summed E-state index contributed by atoms with van der Waals surface area (Å²) in [5.74, 6) is 1.55. The first-order chi connectivity index (χ1) is 15.0. The summed E-state index contributed by atoms with van der Waals surface area (Å²) in [5, 5.41) is 2.97. The molecule has 0 bridgehead atoms. The first-order valence-electron chi connectivity index (χ1n) is 11.1. The van der Waals surface area contributed by atoms with E-state index >= 15 is 0 Å². The monoisotopic (exact) mass is 418 g/mol. The van der Waals surface area contributed by atoms with E-state index in [-0.39, 0.29) is 18.4 Å². The van der Waals surface area contributed by atoms with E-state index < -0.39 is 0 Å². The largest absolute Gasteiger partial charge is 0.352 e. The molecule has 31 heavy (non-hydrogen) atoms. The van der Waals surface area contributed by atoms with E-state index in [0.29, 0.717) is 24.4 Å². The number of piperidine rings is 1. The maximum absolute atomic E-state index is 13.0. The van der Waals surface area contributed by atoms with Crippen LogP contribution in [0.25, 0.3) is 11.0 Å². The summed E-state index contributed by atoms with van der Waals surface area (Å²) in [4.78, 5) is 32.1. The molecule has 6 heteroatoms. The third-order valence-electron chi connectivity index (χ3n) is 6.11. The topological polar surface area (TPSA) is 67.2 Å². The smallest absolute Gasteiger partial charge is 0.251 e. The fraction of sp³-hybridized carbons (Fsp3) is 0.400. The van der Waals surface area contributed by atoms with E-state index in [0.717, 1.165) is 48.4 Å². The van der Waals surface area contributed by atoms with Crippen LogP contribution >= 0.6 is 0 Å². The predicted molar refractivity (Wildman–Crippen MR) is 122 cm³/mol. The second kappa shape index (κ2) is 9.33. The summed E-state index contributed by atoms with van der Waals surface area (Å²) in [5.41, 5.74) is 3.61. The number of hydrogen-bond donors (Lipinski definition) is 1. The van der Waals surface area contributed by atoms with Gasteiger partial charge in [0.25, 0.3) is 5.91 Å². The molecule has 1 saturated heterocycles. The Morgan fingerprint density at radius 1 is 1.06 bits per heavy atom. The van der Waals surface area contributed by atoms with Crippen molar-refractivity contribution in [2.75, 3.05) is 19.6 Å². The lowest BCUT2D eigenvalue weighted by atomic mass is 9.99. The summed E-state index contributed by atoms with van der Waals surface area (Å²) >= 11 is 0. The molecule has 0 unspecified atom stereocenters. The third kappa shape index (κ3) is 4.95. The quantitative estimate of drug-likeness (QED) is 0.665. The minimum atomic E-state index is -0.0961. The maximum atomic E-state index is 13.0. The van der Waals surface area contributed by atoms with Crippen molar-refractivity contribution < 1.29 is 9.59 Å². The molecular formula is C25H30N4O2. The van der Waals surface area contributed by atoms with E-state index in [2.05, 4.69) is 12.2 Å². The molecule has 1 aliphatic rings. The van der Waals surface area contributed by atoms with Gasteiger partial charge in [0.2, 0.25) is 5.91 Å². The van der Waals surface area contributed by atoms with Gasteiger partial charge >= 0.3 is 0 Å². The zero-order chi connectivity index (χ0) is 21.8. The van der Waals surface area contributed by atoms with Gasteiger partial charge in [-0.2, -0.15) is 0 Å². The Morgan fingerprint density at radius 2 is 1.77 bits per heavy atom. The van der Waals surface area contributed by atoms with Crippen molar-refractivity contribution in [2.24, 2.45) is 5.92 Å². The molecule has 2 aromatic carbocycles. The van der Waals surface area contributed by atoms with Crippen LogP contribution in [0.3, 0.4) is 0 Å². The van der Waals surface area contributed by atoms with Crippen molar-refractivity contribution >= 4 is 22.8 Å². The number of fused-ring (bicyclic) bond motifs is 1. The molecule has 0 spiro atoms. The first-order valence-corrected chi connectivity index (χ1v) is 11.1. The van der Waals surface area contributed by atoms with Crippen LogP contribution < -0.4 is 5.32 Å². The van der Waals surface area contributed by atoms with Gasteiger partial charge < -0.3 is 14.8 Å². The average Bonchev–Trinajstić information content (AvgIpc) is 3.12. The number of aryl methyl sites for hydroxylation is 1. The number of aromatic nitrogens is 2. The van der Waals surface area contributed by atoms with Gasteiger partial charge in [-0.05, 0) is 49.9 Å². The summed E-state index contributed by atoms with van der Waals surface area (Å²) in [6, 6.07) is 15.4. The van der Waals surface area contributed by atoms with Gasteiger partial charge in [-0.3, -0.25) is 9.59 Å². The number of nitrogens with zero attached hydrogens (tertiary/aromatic N) is 3. The van der Waals surface area contributed by atoms with Crippen molar-refractivity contribution in [3.05, 3.63) is 65.5 Å². The summed E-state index contributed by atoms with van der Waals surface area (Å²) in [6.45, 7) is 6.65. The highest BCUT2D eigenvalue weighted by molar-refractivity contribution is 5.94. The van der Waals surface area contributed by atoms with E-state index in [1.165, 1.54) is 0 Å². The number of rotatable bonds is 6. The number of hydrogen-bond acceptors (Lipinski definition) is 3. The Balaban J connectivity index is 1.45. The molecule has 4 rings (SSSR count). The van der Waals surface area contributed by atoms with Crippen LogP contribution in [0.5, 0.6) is 0 Å². The summed E-state index contributed by atoms with van der Waals surface area (Å²) < 4.78 is 2.01. The molecule has 162 valence electrons. The molecule has 2 amide bonds. The number of nitrogens with one attached hydrogen (secondary N) is 1. The number of benzene rings is 2. The van der Waals surface area contributed by atoms with Crippen LogP contribution in [-0.4, -0.2) is 45.9 Å². The SMILES string of the molecule is Cc1ccc(C(=O)NCCc2nc3ccccc3n2CC(=O)N2CCC(C)CC2)cc1. The summed E-state index contributed by atoms with van der Waals surface area (Å²) in [7, 11) is 0. The van der Waals surface area contributed by atoms with Crippen molar-refractivity contribution in [3.8, 4) is 0 Å². The van der Waals surface area contributed by atoms with Gasteiger partial charge in [-0.15, -0.1) is 0 Å². The molecule has 6 nitrogen and oxygen atoms in total. The van der Waals surface area contributed by atoms with E-state index in [9.17, 15) is 9.59 Å². The van der Waals surface area contributed by atoms with Crippen LogP contribution in [0.2, 0.25) is 0 Å². The van der Waals surface area contributed by atoms with E-state index in [1.54, 1.807) is 0 Å². The minimum absolute atomic E-state index is 0.0961. The highest BCUT2D eigenvalue weighted by atomic mass is 16.2. The number of carbonyl (C=O) groups is 2. The predicted octanol–water partition coefficient (Wildman–Crippen LogP) is 3.58. The van der Waals surface area contributed by atoms with Crippen LogP contribution in [0.15, 0.2) is 48.5 Å². The number of imidazole rings is 1. The number of carbonyl (C=O) groups excluding carboxylic acids is 2. The number of likely N-dealkylation sites (tertiary alicyclic amines) is 1. The van der Waals surface area contributed by atoms with Crippen molar-refractivity contribution in [3.63, 3.8) is 0 Å². The van der Waals surface area contributed by atoms with Gasteiger partial charge in [-0.1, -0.05) is 36.8 Å². The fourth-order valence-corrected chi connectivity index (χ4v) is 4.08. The maximum Gasteiger partial charge on any atom is 0.251 e. The molecule has 0 saturated carbocycles. The van der Waals surface area contributed by atoms with Gasteiger partial charge in [0, 0.05) is 31.6 Å². The van der Waals surface area contributed by atoms with Crippen molar-refractivity contribution in [1.82, 2.24) is 19.8 Å². The van der Waals surface area contributed by atoms with Crippen LogP contribution in [0.4, 0.5) is 0 Å². The lowest BCUT2D eigenvalue weighted by molar-refractivity contribution is -0.133. The standard InChI is InChI=1S/C25H30N4O2/c1-18-7-9-20(10-8-18)25(31)26-14-11-23-27-21-5-3-4-6-22(21)29(23)17-24(30)28-15-12-19(2)13-16-28/h3-10,19H,11-17H2,1-2H3,(H,26,31). The lowest BCUT2D eigenvalue weighted by Gasteiger charge is -2.30. The Morgan fingerprint density at radius 3 is 2.52 bits per heavy atom. The molecule has 1 N–H and O–H groups in total. The van der Waals surface area contributed by atoms with Gasteiger partial charge in [0.15, 0.2) is 0 Å². The first kappa shape index (κ1) is 21.1.